The van der Waals surface area contributed by atoms with Crippen LogP contribution in [0.3, 0.4) is 0 Å². The van der Waals surface area contributed by atoms with Crippen LogP contribution in [0.4, 0.5) is 0 Å². The molecular weight excluding hydrogens is 244 g/mol. The molecule has 0 spiro atoms. The van der Waals surface area contributed by atoms with Gasteiger partial charge in [0.15, 0.2) is 11.5 Å². The monoisotopic (exact) mass is 266 g/mol. The number of hydrogen-bond donors (Lipinski definition) is 2. The van der Waals surface area contributed by atoms with Gasteiger partial charge in [-0.1, -0.05) is 13.0 Å². The lowest BCUT2D eigenvalue weighted by molar-refractivity contribution is -0.121. The molecule has 0 heterocycles. The van der Waals surface area contributed by atoms with E-state index in [1.165, 1.54) is 0 Å². The zero-order valence-electron chi connectivity index (χ0n) is 11.7. The van der Waals surface area contributed by atoms with Crippen molar-refractivity contribution < 1.29 is 14.3 Å². The van der Waals surface area contributed by atoms with Crippen LogP contribution in [0.15, 0.2) is 18.2 Å². The lowest BCUT2D eigenvalue weighted by atomic mass is 10.1. The van der Waals surface area contributed by atoms with Gasteiger partial charge in [-0.3, -0.25) is 4.79 Å². The fourth-order valence-corrected chi connectivity index (χ4v) is 1.65. The molecule has 0 saturated heterocycles. The third kappa shape index (κ3) is 4.79. The minimum absolute atomic E-state index is 0.0378. The molecule has 0 aromatic heterocycles. The van der Waals surface area contributed by atoms with Crippen LogP contribution in [-0.4, -0.2) is 26.2 Å². The van der Waals surface area contributed by atoms with Crippen molar-refractivity contribution in [1.82, 2.24) is 5.32 Å². The Kier molecular flexibility index (Phi) is 6.15. The van der Waals surface area contributed by atoms with E-state index in [0.29, 0.717) is 24.5 Å². The Morgan fingerprint density at radius 1 is 1.32 bits per heavy atom. The second-order valence-electron chi connectivity index (χ2n) is 4.34. The van der Waals surface area contributed by atoms with Crippen molar-refractivity contribution in [2.75, 3.05) is 14.2 Å². The molecule has 0 aliphatic heterocycles. The highest BCUT2D eigenvalue weighted by molar-refractivity contribution is 5.76. The minimum atomic E-state index is -0.0783. The van der Waals surface area contributed by atoms with Crippen LogP contribution >= 0.6 is 0 Å². The first-order chi connectivity index (χ1) is 9.10. The van der Waals surface area contributed by atoms with Crippen molar-refractivity contribution in [2.45, 2.75) is 32.4 Å². The summed E-state index contributed by atoms with van der Waals surface area (Å²) in [6, 6.07) is 5.48. The molecule has 1 amide bonds. The molecule has 1 atom stereocenters. The van der Waals surface area contributed by atoms with Crippen LogP contribution in [-0.2, 0) is 11.3 Å². The predicted molar refractivity (Wildman–Crippen MR) is 74.3 cm³/mol. The zero-order valence-corrected chi connectivity index (χ0v) is 11.7. The van der Waals surface area contributed by atoms with Crippen molar-refractivity contribution in [2.24, 2.45) is 5.73 Å². The molecule has 1 aromatic carbocycles. The largest absolute Gasteiger partial charge is 0.493 e. The molecule has 1 rings (SSSR count). The molecule has 3 N–H and O–H groups in total. The second-order valence-corrected chi connectivity index (χ2v) is 4.34. The van der Waals surface area contributed by atoms with Crippen LogP contribution in [0.25, 0.3) is 0 Å². The summed E-state index contributed by atoms with van der Waals surface area (Å²) in [7, 11) is 3.17. The summed E-state index contributed by atoms with van der Waals surface area (Å²) >= 11 is 0. The molecule has 1 unspecified atom stereocenters. The van der Waals surface area contributed by atoms with Crippen molar-refractivity contribution in [1.29, 1.82) is 0 Å². The maximum atomic E-state index is 11.6. The summed E-state index contributed by atoms with van der Waals surface area (Å²) in [5, 5.41) is 2.84. The van der Waals surface area contributed by atoms with Gasteiger partial charge in [-0.25, -0.2) is 0 Å². The first-order valence-corrected chi connectivity index (χ1v) is 6.33. The molecule has 0 radical (unpaired) electrons. The molecule has 0 saturated carbocycles. The summed E-state index contributed by atoms with van der Waals surface area (Å²) in [5.41, 5.74) is 6.68. The highest BCUT2D eigenvalue weighted by Crippen LogP contribution is 2.27. The summed E-state index contributed by atoms with van der Waals surface area (Å²) in [4.78, 5) is 11.6. The first kappa shape index (κ1) is 15.3. The van der Waals surface area contributed by atoms with Gasteiger partial charge in [0.05, 0.1) is 14.2 Å². The van der Waals surface area contributed by atoms with E-state index in [1.54, 1.807) is 14.2 Å². The van der Waals surface area contributed by atoms with Crippen molar-refractivity contribution in [3.8, 4) is 11.5 Å². The number of amides is 1. The van der Waals surface area contributed by atoms with Gasteiger partial charge in [0.1, 0.15) is 0 Å². The van der Waals surface area contributed by atoms with Gasteiger partial charge in [0.25, 0.3) is 0 Å². The van der Waals surface area contributed by atoms with E-state index >= 15 is 0 Å². The molecule has 106 valence electrons. The smallest absolute Gasteiger partial charge is 0.221 e. The van der Waals surface area contributed by atoms with E-state index in [1.807, 2.05) is 25.1 Å². The maximum Gasteiger partial charge on any atom is 0.221 e. The topological polar surface area (TPSA) is 73.6 Å². The van der Waals surface area contributed by atoms with Crippen molar-refractivity contribution >= 4 is 5.91 Å². The van der Waals surface area contributed by atoms with Crippen LogP contribution in [0.1, 0.15) is 25.3 Å². The number of carbonyl (C=O) groups excluding carboxylic acids is 1. The number of ether oxygens (including phenoxy) is 2. The number of methoxy groups -OCH3 is 2. The predicted octanol–water partition coefficient (Wildman–Crippen LogP) is 1.45. The molecule has 0 aliphatic rings. The molecule has 0 aliphatic carbocycles. The summed E-state index contributed by atoms with van der Waals surface area (Å²) in [6.45, 7) is 2.42. The lowest BCUT2D eigenvalue weighted by Crippen LogP contribution is -2.30. The van der Waals surface area contributed by atoms with E-state index in [0.717, 1.165) is 12.0 Å². The summed E-state index contributed by atoms with van der Waals surface area (Å²) < 4.78 is 10.4. The number of hydrogen-bond acceptors (Lipinski definition) is 4. The van der Waals surface area contributed by atoms with Gasteiger partial charge in [-0.15, -0.1) is 0 Å². The average molecular weight is 266 g/mol. The molecule has 5 heteroatoms. The van der Waals surface area contributed by atoms with Crippen LogP contribution in [0.5, 0.6) is 11.5 Å². The molecule has 1 aromatic rings. The Morgan fingerprint density at radius 3 is 2.58 bits per heavy atom. The molecule has 0 fully saturated rings. The quantitative estimate of drug-likeness (QED) is 0.783. The van der Waals surface area contributed by atoms with Crippen molar-refractivity contribution in [3.05, 3.63) is 23.8 Å². The number of benzene rings is 1. The summed E-state index contributed by atoms with van der Waals surface area (Å²) in [6.07, 6.45) is 1.15. The Hall–Kier alpha value is -1.75. The van der Waals surface area contributed by atoms with Gasteiger partial charge < -0.3 is 20.5 Å². The highest BCUT2D eigenvalue weighted by atomic mass is 16.5. The number of nitrogens with two attached hydrogens (primary N) is 1. The first-order valence-electron chi connectivity index (χ1n) is 6.33. The third-order valence-electron chi connectivity index (χ3n) is 2.91. The normalized spacial score (nSPS) is 11.8. The van der Waals surface area contributed by atoms with Crippen LogP contribution in [0.2, 0.25) is 0 Å². The Bertz CT molecular complexity index is 421. The molecular formula is C14H22N2O3. The zero-order chi connectivity index (χ0) is 14.3. The number of rotatable bonds is 7. The second kappa shape index (κ2) is 7.63. The van der Waals surface area contributed by atoms with Gasteiger partial charge in [-0.05, 0) is 24.1 Å². The SMILES string of the molecule is CCC(N)CC(=O)NCc1ccc(OC)c(OC)c1. The molecule has 5 nitrogen and oxygen atoms in total. The highest BCUT2D eigenvalue weighted by Gasteiger charge is 2.08. The number of carbonyl (C=O) groups is 1. The Labute approximate surface area is 114 Å². The fraction of sp³-hybridized carbons (Fsp3) is 0.500. The van der Waals surface area contributed by atoms with Gasteiger partial charge in [-0.2, -0.15) is 0 Å². The Balaban J connectivity index is 2.56. The van der Waals surface area contributed by atoms with Gasteiger partial charge in [0, 0.05) is 19.0 Å². The maximum absolute atomic E-state index is 11.6. The van der Waals surface area contributed by atoms with Crippen LogP contribution < -0.4 is 20.5 Å². The fourth-order valence-electron chi connectivity index (χ4n) is 1.65. The number of nitrogens with one attached hydrogen (secondary N) is 1. The standard InChI is InChI=1S/C14H22N2O3/c1-4-11(15)8-14(17)16-9-10-5-6-12(18-2)13(7-10)19-3/h5-7,11H,4,8-9,15H2,1-3H3,(H,16,17). The van der Waals surface area contributed by atoms with Gasteiger partial charge >= 0.3 is 0 Å². The minimum Gasteiger partial charge on any atom is -0.493 e. The summed E-state index contributed by atoms with van der Waals surface area (Å²) in [5.74, 6) is 1.29. The average Bonchev–Trinajstić information content (AvgIpc) is 2.44. The molecule has 0 bridgehead atoms. The van der Waals surface area contributed by atoms with E-state index in [2.05, 4.69) is 5.32 Å². The van der Waals surface area contributed by atoms with Gasteiger partial charge in [0.2, 0.25) is 5.91 Å². The van der Waals surface area contributed by atoms with E-state index < -0.39 is 0 Å². The molecule has 19 heavy (non-hydrogen) atoms. The lowest BCUT2D eigenvalue weighted by Gasteiger charge is -2.11. The van der Waals surface area contributed by atoms with E-state index in [9.17, 15) is 4.79 Å². The van der Waals surface area contributed by atoms with Crippen molar-refractivity contribution in [3.63, 3.8) is 0 Å². The third-order valence-corrected chi connectivity index (χ3v) is 2.91. The van der Waals surface area contributed by atoms with Crippen LogP contribution in [0, 0.1) is 0 Å². The Morgan fingerprint density at radius 2 is 2.00 bits per heavy atom. The van der Waals surface area contributed by atoms with E-state index in [4.69, 9.17) is 15.2 Å². The van der Waals surface area contributed by atoms with E-state index in [-0.39, 0.29) is 11.9 Å².